The van der Waals surface area contributed by atoms with E-state index in [1.165, 1.54) is 0 Å². The highest BCUT2D eigenvalue weighted by atomic mass is 16.5. The number of nitriles is 1. The zero-order valence-electron chi connectivity index (χ0n) is 12.3. The van der Waals surface area contributed by atoms with Crippen LogP contribution in [0.3, 0.4) is 0 Å². The van der Waals surface area contributed by atoms with Gasteiger partial charge in [-0.3, -0.25) is 5.32 Å². The van der Waals surface area contributed by atoms with Gasteiger partial charge in [0.1, 0.15) is 6.61 Å². The van der Waals surface area contributed by atoms with Crippen molar-refractivity contribution in [2.45, 2.75) is 27.2 Å². The molecule has 5 nitrogen and oxygen atoms in total. The first-order valence-corrected chi connectivity index (χ1v) is 6.78. The van der Waals surface area contributed by atoms with Crippen molar-refractivity contribution in [1.29, 1.82) is 5.26 Å². The van der Waals surface area contributed by atoms with Crippen LogP contribution < -0.4 is 10.2 Å². The lowest BCUT2D eigenvalue weighted by molar-refractivity contribution is 0.164. The first-order valence-electron chi connectivity index (χ1n) is 6.78. The average molecular weight is 275 g/mol. The number of ether oxygens (including phenoxy) is 1. The molecule has 0 aliphatic heterocycles. The Morgan fingerprint density at radius 2 is 2.10 bits per heavy atom. The summed E-state index contributed by atoms with van der Waals surface area (Å²) in [5.41, 5.74) is 2.84. The zero-order valence-corrected chi connectivity index (χ0v) is 12.3. The van der Waals surface area contributed by atoms with Crippen LogP contribution in [0.5, 0.6) is 0 Å². The third-order valence-corrected chi connectivity index (χ3v) is 3.02. The van der Waals surface area contributed by atoms with Gasteiger partial charge in [-0.25, -0.2) is 4.79 Å². The third-order valence-electron chi connectivity index (χ3n) is 3.02. The predicted octanol–water partition coefficient (Wildman–Crippen LogP) is 3.30. The summed E-state index contributed by atoms with van der Waals surface area (Å²) in [6.07, 6.45) is -0.327. The summed E-state index contributed by atoms with van der Waals surface area (Å²) in [5.74, 6) is 0. The summed E-state index contributed by atoms with van der Waals surface area (Å²) in [6, 6.07) is 7.81. The molecule has 1 amide bonds. The number of hydrogen-bond donors (Lipinski definition) is 1. The van der Waals surface area contributed by atoms with Gasteiger partial charge in [0.05, 0.1) is 12.5 Å². The maximum Gasteiger partial charge on any atom is 0.411 e. The first kappa shape index (κ1) is 15.8. The zero-order chi connectivity index (χ0) is 15.0. The van der Waals surface area contributed by atoms with E-state index in [1.807, 2.05) is 31.2 Å². The van der Waals surface area contributed by atoms with Crippen LogP contribution in [-0.2, 0) is 4.74 Å². The first-order chi connectivity index (χ1) is 9.62. The Hall–Kier alpha value is -2.22. The van der Waals surface area contributed by atoms with Gasteiger partial charge in [0.2, 0.25) is 0 Å². The number of nitrogens with one attached hydrogen (secondary N) is 1. The van der Waals surface area contributed by atoms with E-state index < -0.39 is 6.09 Å². The molecule has 0 aliphatic rings. The Balaban J connectivity index is 2.69. The van der Waals surface area contributed by atoms with E-state index in [9.17, 15) is 4.79 Å². The van der Waals surface area contributed by atoms with Gasteiger partial charge in [-0.15, -0.1) is 0 Å². The molecule has 0 unspecified atom stereocenters. The van der Waals surface area contributed by atoms with E-state index in [0.29, 0.717) is 0 Å². The minimum Gasteiger partial charge on any atom is -0.448 e. The molecule has 0 fully saturated rings. The second-order valence-corrected chi connectivity index (χ2v) is 4.34. The van der Waals surface area contributed by atoms with Crippen LogP contribution in [0.4, 0.5) is 16.2 Å². The smallest absolute Gasteiger partial charge is 0.411 e. The minimum atomic E-state index is -0.529. The van der Waals surface area contributed by atoms with Crippen LogP contribution in [0.25, 0.3) is 0 Å². The van der Waals surface area contributed by atoms with E-state index in [0.717, 1.165) is 30.0 Å². The molecule has 0 saturated carbocycles. The van der Waals surface area contributed by atoms with E-state index >= 15 is 0 Å². The number of amides is 1. The second kappa shape index (κ2) is 8.05. The van der Waals surface area contributed by atoms with Crippen LogP contribution in [0, 0.1) is 18.3 Å². The molecule has 0 radical (unpaired) electrons. The van der Waals surface area contributed by atoms with Gasteiger partial charge in [0.25, 0.3) is 0 Å². The molecule has 0 aliphatic carbocycles. The fourth-order valence-corrected chi connectivity index (χ4v) is 1.91. The van der Waals surface area contributed by atoms with Crippen molar-refractivity contribution < 1.29 is 9.53 Å². The normalized spacial score (nSPS) is 9.70. The van der Waals surface area contributed by atoms with Gasteiger partial charge in [0, 0.05) is 24.5 Å². The monoisotopic (exact) mass is 275 g/mol. The highest BCUT2D eigenvalue weighted by Crippen LogP contribution is 2.22. The third kappa shape index (κ3) is 4.47. The quantitative estimate of drug-likeness (QED) is 0.809. The topological polar surface area (TPSA) is 65.4 Å². The minimum absolute atomic E-state index is 0.110. The Morgan fingerprint density at radius 1 is 1.40 bits per heavy atom. The van der Waals surface area contributed by atoms with Gasteiger partial charge < -0.3 is 9.64 Å². The van der Waals surface area contributed by atoms with Crippen molar-refractivity contribution in [3.63, 3.8) is 0 Å². The van der Waals surface area contributed by atoms with Crippen LogP contribution in [-0.4, -0.2) is 25.8 Å². The summed E-state index contributed by atoms with van der Waals surface area (Å²) < 4.78 is 4.88. The van der Waals surface area contributed by atoms with E-state index in [1.54, 1.807) is 0 Å². The molecular weight excluding hydrogens is 254 g/mol. The number of nitrogens with zero attached hydrogens (tertiary/aromatic N) is 2. The molecular formula is C15H21N3O2. The van der Waals surface area contributed by atoms with Gasteiger partial charge >= 0.3 is 6.09 Å². The van der Waals surface area contributed by atoms with E-state index in [-0.39, 0.29) is 13.0 Å². The lowest BCUT2D eigenvalue weighted by atomic mass is 10.1. The van der Waals surface area contributed by atoms with E-state index in [2.05, 4.69) is 24.1 Å². The average Bonchev–Trinajstić information content (AvgIpc) is 2.43. The van der Waals surface area contributed by atoms with Crippen LogP contribution >= 0.6 is 0 Å². The molecule has 0 heterocycles. The Bertz CT molecular complexity index is 490. The van der Waals surface area contributed by atoms with Crippen molar-refractivity contribution in [3.05, 3.63) is 23.8 Å². The Labute approximate surface area is 120 Å². The lowest BCUT2D eigenvalue weighted by Crippen LogP contribution is -2.22. The molecule has 20 heavy (non-hydrogen) atoms. The molecule has 0 aromatic heterocycles. The highest BCUT2D eigenvalue weighted by molar-refractivity contribution is 5.86. The van der Waals surface area contributed by atoms with Crippen molar-refractivity contribution in [2.24, 2.45) is 0 Å². The standard InChI is InChI=1S/C15H21N3O2/c1-4-18(5-2)13-7-8-14(12(3)11-13)17-15(19)20-10-6-9-16/h7-8,11H,4-6,10H2,1-3H3,(H,17,19). The summed E-state index contributed by atoms with van der Waals surface area (Å²) in [6.45, 7) is 8.16. The van der Waals surface area contributed by atoms with Gasteiger partial charge in [-0.2, -0.15) is 5.26 Å². The molecule has 1 rings (SSSR count). The van der Waals surface area contributed by atoms with Crippen molar-refractivity contribution >= 4 is 17.5 Å². The number of anilines is 2. The molecule has 0 spiro atoms. The van der Waals surface area contributed by atoms with Crippen molar-refractivity contribution in [2.75, 3.05) is 29.9 Å². The maximum absolute atomic E-state index is 11.5. The van der Waals surface area contributed by atoms with Gasteiger partial charge in [-0.1, -0.05) is 0 Å². The molecule has 0 atom stereocenters. The van der Waals surface area contributed by atoms with Gasteiger partial charge in [-0.05, 0) is 44.5 Å². The number of benzene rings is 1. The fraction of sp³-hybridized carbons (Fsp3) is 0.467. The molecule has 5 heteroatoms. The molecule has 1 N–H and O–H groups in total. The Morgan fingerprint density at radius 3 is 2.65 bits per heavy atom. The second-order valence-electron chi connectivity index (χ2n) is 4.34. The maximum atomic E-state index is 11.5. The van der Waals surface area contributed by atoms with Crippen molar-refractivity contribution in [1.82, 2.24) is 0 Å². The number of aryl methyl sites for hydroxylation is 1. The van der Waals surface area contributed by atoms with Crippen LogP contribution in [0.1, 0.15) is 25.8 Å². The van der Waals surface area contributed by atoms with Crippen LogP contribution in [0.15, 0.2) is 18.2 Å². The Kier molecular flexibility index (Phi) is 6.38. The van der Waals surface area contributed by atoms with E-state index in [4.69, 9.17) is 10.00 Å². The summed E-state index contributed by atoms with van der Waals surface area (Å²) >= 11 is 0. The fourth-order valence-electron chi connectivity index (χ4n) is 1.91. The number of rotatable bonds is 6. The SMILES string of the molecule is CCN(CC)c1ccc(NC(=O)OCCC#N)c(C)c1. The summed E-state index contributed by atoms with van der Waals surface area (Å²) in [7, 11) is 0. The number of carbonyl (C=O) groups is 1. The number of carbonyl (C=O) groups excluding carboxylic acids is 1. The summed E-state index contributed by atoms with van der Waals surface area (Å²) in [5, 5.41) is 11.1. The molecule has 1 aromatic carbocycles. The highest BCUT2D eigenvalue weighted by Gasteiger charge is 2.08. The van der Waals surface area contributed by atoms with Crippen molar-refractivity contribution in [3.8, 4) is 6.07 Å². The van der Waals surface area contributed by atoms with Crippen LogP contribution in [0.2, 0.25) is 0 Å². The number of hydrogen-bond acceptors (Lipinski definition) is 4. The molecule has 108 valence electrons. The van der Waals surface area contributed by atoms with Gasteiger partial charge in [0.15, 0.2) is 0 Å². The molecule has 0 saturated heterocycles. The molecule has 1 aromatic rings. The largest absolute Gasteiger partial charge is 0.448 e. The summed E-state index contributed by atoms with van der Waals surface area (Å²) in [4.78, 5) is 13.8. The predicted molar refractivity (Wildman–Crippen MR) is 79.9 cm³/mol. The lowest BCUT2D eigenvalue weighted by Gasteiger charge is -2.22. The molecule has 0 bridgehead atoms.